The van der Waals surface area contributed by atoms with Gasteiger partial charge < -0.3 is 18.8 Å². The number of aryl methyl sites for hydroxylation is 1. The molecule has 0 amide bonds. The Morgan fingerprint density at radius 1 is 1.30 bits per heavy atom. The van der Waals surface area contributed by atoms with Crippen LogP contribution in [-0.2, 0) is 26.6 Å². The first-order valence-electron chi connectivity index (χ1n) is 9.87. The molecule has 2 heterocycles. The largest absolute Gasteiger partial charge is 0.381 e. The molecule has 4 rings (SSSR count). The van der Waals surface area contributed by atoms with Gasteiger partial charge in [0.2, 0.25) is 0 Å². The van der Waals surface area contributed by atoms with Gasteiger partial charge in [-0.15, -0.1) is 0 Å². The Kier molecular flexibility index (Phi) is 6.20. The zero-order valence-electron chi connectivity index (χ0n) is 17.0. The van der Waals surface area contributed by atoms with E-state index in [-0.39, 0.29) is 6.10 Å². The van der Waals surface area contributed by atoms with Gasteiger partial charge >= 0.3 is 0 Å². The third-order valence-corrected chi connectivity index (χ3v) is 5.76. The lowest BCUT2D eigenvalue weighted by Crippen LogP contribution is -2.42. The molecule has 1 aromatic heterocycles. The Morgan fingerprint density at radius 3 is 2.80 bits per heavy atom. The van der Waals surface area contributed by atoms with Crippen LogP contribution in [0.4, 0.5) is 4.39 Å². The number of benzene rings is 2. The highest BCUT2D eigenvalue weighted by Crippen LogP contribution is 2.42. The average Bonchev–Trinajstić information content (AvgIpc) is 3.20. The lowest BCUT2D eigenvalue weighted by molar-refractivity contribution is -0.288. The zero-order valence-corrected chi connectivity index (χ0v) is 17.7. The maximum atomic E-state index is 15.2. The van der Waals surface area contributed by atoms with Crippen LogP contribution in [-0.4, -0.2) is 29.4 Å². The van der Waals surface area contributed by atoms with E-state index in [4.69, 9.17) is 25.8 Å². The van der Waals surface area contributed by atoms with E-state index in [2.05, 4.69) is 4.98 Å². The van der Waals surface area contributed by atoms with Gasteiger partial charge in [-0.25, -0.2) is 9.37 Å². The molecule has 3 aromatic rings. The van der Waals surface area contributed by atoms with Crippen molar-refractivity contribution in [3.63, 3.8) is 0 Å². The summed E-state index contributed by atoms with van der Waals surface area (Å²) in [7, 11) is 1.66. The first-order chi connectivity index (χ1) is 14.5. The Bertz CT molecular complexity index is 1010. The average molecular weight is 431 g/mol. The molecule has 2 atom stereocenters. The molecule has 5 nitrogen and oxygen atoms in total. The van der Waals surface area contributed by atoms with Crippen molar-refractivity contribution in [1.82, 2.24) is 9.55 Å². The SMILES string of the molecule is COC1CCOC(OCc2ccccc2)(c2cc(F)c(-n3ccnc3C)cc2Cl)C1. The second kappa shape index (κ2) is 8.86. The van der Waals surface area contributed by atoms with Gasteiger partial charge in [0.05, 0.1) is 30.0 Å². The van der Waals surface area contributed by atoms with Crippen LogP contribution in [0.2, 0.25) is 5.02 Å². The van der Waals surface area contributed by atoms with Gasteiger partial charge in [0.25, 0.3) is 0 Å². The van der Waals surface area contributed by atoms with Crippen molar-refractivity contribution in [2.45, 2.75) is 38.3 Å². The van der Waals surface area contributed by atoms with Crippen LogP contribution in [0.15, 0.2) is 54.9 Å². The maximum Gasteiger partial charge on any atom is 0.199 e. The standard InChI is InChI=1S/C23H24ClFN2O3/c1-16-26-9-10-27(16)22-13-20(24)19(12-21(22)25)23(14-18(28-2)8-11-29-23)30-15-17-6-4-3-5-7-17/h3-7,9-10,12-13,18H,8,11,14-15H2,1-2H3. The highest BCUT2D eigenvalue weighted by atomic mass is 35.5. The number of aromatic nitrogens is 2. The van der Waals surface area contributed by atoms with Crippen molar-refractivity contribution in [2.75, 3.05) is 13.7 Å². The molecule has 0 aliphatic carbocycles. The molecule has 158 valence electrons. The quantitative estimate of drug-likeness (QED) is 0.541. The number of ether oxygens (including phenoxy) is 3. The molecule has 30 heavy (non-hydrogen) atoms. The fourth-order valence-corrected chi connectivity index (χ4v) is 4.10. The minimum absolute atomic E-state index is 0.0794. The highest BCUT2D eigenvalue weighted by molar-refractivity contribution is 6.31. The topological polar surface area (TPSA) is 45.5 Å². The van der Waals surface area contributed by atoms with Gasteiger partial charge in [-0.1, -0.05) is 41.9 Å². The van der Waals surface area contributed by atoms with Crippen molar-refractivity contribution in [3.05, 3.63) is 82.6 Å². The third-order valence-electron chi connectivity index (χ3n) is 5.45. The van der Waals surface area contributed by atoms with Crippen molar-refractivity contribution >= 4 is 11.6 Å². The molecule has 0 N–H and O–H groups in total. The first kappa shape index (κ1) is 21.0. The summed E-state index contributed by atoms with van der Waals surface area (Å²) in [5, 5.41) is 0.365. The molecule has 1 aliphatic rings. The molecule has 2 aromatic carbocycles. The summed E-state index contributed by atoms with van der Waals surface area (Å²) >= 11 is 6.66. The second-order valence-corrected chi connectivity index (χ2v) is 7.76. The minimum atomic E-state index is -1.20. The molecule has 2 unspecified atom stereocenters. The van der Waals surface area contributed by atoms with E-state index in [1.807, 2.05) is 30.3 Å². The number of halogens is 2. The van der Waals surface area contributed by atoms with E-state index in [1.165, 1.54) is 6.07 Å². The number of methoxy groups -OCH3 is 1. The van der Waals surface area contributed by atoms with Crippen molar-refractivity contribution < 1.29 is 18.6 Å². The highest BCUT2D eigenvalue weighted by Gasteiger charge is 2.43. The number of hydrogen-bond donors (Lipinski definition) is 0. The van der Waals surface area contributed by atoms with Crippen molar-refractivity contribution in [1.29, 1.82) is 0 Å². The molecule has 1 fully saturated rings. The number of rotatable bonds is 6. The van der Waals surface area contributed by atoms with E-state index in [0.717, 1.165) is 12.0 Å². The number of hydrogen-bond acceptors (Lipinski definition) is 4. The summed E-state index contributed by atoms with van der Waals surface area (Å²) in [6.07, 6.45) is 4.39. The van der Waals surface area contributed by atoms with Crippen molar-refractivity contribution in [3.8, 4) is 5.69 Å². The maximum absolute atomic E-state index is 15.2. The van der Waals surface area contributed by atoms with Crippen LogP contribution in [0.5, 0.6) is 0 Å². The van der Waals surface area contributed by atoms with Gasteiger partial charge in [0.1, 0.15) is 11.6 Å². The van der Waals surface area contributed by atoms with Gasteiger partial charge in [0, 0.05) is 31.5 Å². The summed E-state index contributed by atoms with van der Waals surface area (Å²) < 4.78 is 34.8. The summed E-state index contributed by atoms with van der Waals surface area (Å²) in [5.74, 6) is -0.961. The molecular weight excluding hydrogens is 407 g/mol. The monoisotopic (exact) mass is 430 g/mol. The second-order valence-electron chi connectivity index (χ2n) is 7.35. The van der Waals surface area contributed by atoms with Crippen LogP contribution in [0.1, 0.15) is 29.8 Å². The summed E-state index contributed by atoms with van der Waals surface area (Å²) in [6.45, 7) is 2.53. The number of nitrogens with zero attached hydrogens (tertiary/aromatic N) is 2. The summed E-state index contributed by atoms with van der Waals surface area (Å²) in [4.78, 5) is 4.16. The minimum Gasteiger partial charge on any atom is -0.381 e. The molecule has 0 saturated carbocycles. The molecule has 0 bridgehead atoms. The fourth-order valence-electron chi connectivity index (χ4n) is 3.80. The van der Waals surface area contributed by atoms with Crippen LogP contribution >= 0.6 is 11.6 Å². The normalized spacial score (nSPS) is 21.7. The summed E-state index contributed by atoms with van der Waals surface area (Å²) in [5.41, 5.74) is 1.78. The molecule has 0 spiro atoms. The Labute approximate surface area is 180 Å². The van der Waals surface area contributed by atoms with Crippen LogP contribution in [0.3, 0.4) is 0 Å². The smallest absolute Gasteiger partial charge is 0.199 e. The van der Waals surface area contributed by atoms with E-state index in [1.54, 1.807) is 37.1 Å². The van der Waals surface area contributed by atoms with Crippen molar-refractivity contribution in [2.24, 2.45) is 0 Å². The summed E-state index contributed by atoms with van der Waals surface area (Å²) in [6, 6.07) is 12.8. The van der Waals surface area contributed by atoms with Crippen LogP contribution in [0, 0.1) is 12.7 Å². The van der Waals surface area contributed by atoms with E-state index >= 15 is 4.39 Å². The van der Waals surface area contributed by atoms with Gasteiger partial charge in [0.15, 0.2) is 5.79 Å². The Morgan fingerprint density at radius 2 is 2.10 bits per heavy atom. The third kappa shape index (κ3) is 4.14. The molecule has 1 aliphatic heterocycles. The van der Waals surface area contributed by atoms with Gasteiger partial charge in [-0.3, -0.25) is 0 Å². The predicted octanol–water partition coefficient (Wildman–Crippen LogP) is 5.17. The molecular formula is C23H24ClFN2O3. The van der Waals surface area contributed by atoms with Gasteiger partial charge in [-0.2, -0.15) is 0 Å². The predicted molar refractivity (Wildman–Crippen MR) is 112 cm³/mol. The van der Waals surface area contributed by atoms with E-state index in [9.17, 15) is 0 Å². The van der Waals surface area contributed by atoms with Crippen LogP contribution in [0.25, 0.3) is 5.69 Å². The molecule has 1 saturated heterocycles. The fraction of sp³-hybridized carbons (Fsp3) is 0.348. The number of imidazole rings is 1. The van der Waals surface area contributed by atoms with Crippen LogP contribution < -0.4 is 0 Å². The van der Waals surface area contributed by atoms with Gasteiger partial charge in [-0.05, 0) is 31.0 Å². The van der Waals surface area contributed by atoms with E-state index in [0.29, 0.717) is 41.7 Å². The lowest BCUT2D eigenvalue weighted by atomic mass is 9.94. The Balaban J connectivity index is 1.73. The molecule has 0 radical (unpaired) electrons. The van der Waals surface area contributed by atoms with E-state index < -0.39 is 11.6 Å². The zero-order chi connectivity index (χ0) is 21.1. The molecule has 7 heteroatoms. The first-order valence-corrected chi connectivity index (χ1v) is 10.2. The lowest BCUT2D eigenvalue weighted by Gasteiger charge is -2.41. The Hall–Kier alpha value is -2.25.